The number of carbonyl (C=O) groups is 2. The largest absolute Gasteiger partial charge is 0.481 e. The minimum Gasteiger partial charge on any atom is -0.481 e. The summed E-state index contributed by atoms with van der Waals surface area (Å²) in [6, 6.07) is 7.30. The van der Waals surface area contributed by atoms with E-state index < -0.39 is 11.5 Å². The van der Waals surface area contributed by atoms with E-state index in [1.54, 1.807) is 6.07 Å². The number of benzene rings is 1. The number of amides is 1. The second-order valence-corrected chi connectivity index (χ2v) is 5.68. The van der Waals surface area contributed by atoms with Gasteiger partial charge < -0.3 is 15.3 Å². The van der Waals surface area contributed by atoms with Gasteiger partial charge in [-0.15, -0.1) is 0 Å². The summed E-state index contributed by atoms with van der Waals surface area (Å²) < 4.78 is 0. The Morgan fingerprint density at radius 2 is 1.95 bits per heavy atom. The van der Waals surface area contributed by atoms with Crippen molar-refractivity contribution in [3.8, 4) is 0 Å². The van der Waals surface area contributed by atoms with Crippen LogP contribution in [0.1, 0.15) is 37.0 Å². The SMILES string of the molecule is CN(C)c1cccc(C(=O)NC(C)(C)CCC(=O)O)c1. The van der Waals surface area contributed by atoms with Gasteiger partial charge in [-0.05, 0) is 38.5 Å². The van der Waals surface area contributed by atoms with E-state index in [0.717, 1.165) is 5.69 Å². The topological polar surface area (TPSA) is 69.6 Å². The fourth-order valence-corrected chi connectivity index (χ4v) is 1.79. The lowest BCUT2D eigenvalue weighted by Gasteiger charge is -2.26. The average molecular weight is 278 g/mol. The summed E-state index contributed by atoms with van der Waals surface area (Å²) in [5.74, 6) is -1.05. The second kappa shape index (κ2) is 6.41. The van der Waals surface area contributed by atoms with E-state index in [0.29, 0.717) is 12.0 Å². The number of carboxylic acid groups (broad SMARTS) is 1. The van der Waals surface area contributed by atoms with Crippen molar-refractivity contribution in [2.45, 2.75) is 32.2 Å². The van der Waals surface area contributed by atoms with Crippen molar-refractivity contribution >= 4 is 17.6 Å². The Labute approximate surface area is 119 Å². The summed E-state index contributed by atoms with van der Waals surface area (Å²) in [5, 5.41) is 11.6. The summed E-state index contributed by atoms with van der Waals surface area (Å²) in [6.07, 6.45) is 0.423. The van der Waals surface area contributed by atoms with Crippen molar-refractivity contribution in [3.63, 3.8) is 0 Å². The monoisotopic (exact) mass is 278 g/mol. The van der Waals surface area contributed by atoms with Gasteiger partial charge in [0.25, 0.3) is 5.91 Å². The van der Waals surface area contributed by atoms with Crippen LogP contribution in [0, 0.1) is 0 Å². The molecule has 1 aromatic rings. The molecule has 0 atom stereocenters. The molecule has 0 aromatic heterocycles. The zero-order valence-electron chi connectivity index (χ0n) is 12.4. The van der Waals surface area contributed by atoms with Gasteiger partial charge in [0, 0.05) is 37.3 Å². The van der Waals surface area contributed by atoms with Gasteiger partial charge in [-0.2, -0.15) is 0 Å². The van der Waals surface area contributed by atoms with Crippen molar-refractivity contribution in [2.75, 3.05) is 19.0 Å². The van der Waals surface area contributed by atoms with Gasteiger partial charge in [0.05, 0.1) is 0 Å². The Morgan fingerprint density at radius 1 is 1.30 bits per heavy atom. The van der Waals surface area contributed by atoms with Crippen LogP contribution in [0.15, 0.2) is 24.3 Å². The minimum absolute atomic E-state index is 0.0328. The maximum atomic E-state index is 12.2. The van der Waals surface area contributed by atoms with E-state index in [2.05, 4.69) is 5.32 Å². The standard InChI is InChI=1S/C15H22N2O3/c1-15(2,9-8-13(18)19)16-14(20)11-6-5-7-12(10-11)17(3)4/h5-7,10H,8-9H2,1-4H3,(H,16,20)(H,18,19). The normalized spacial score (nSPS) is 11.0. The molecule has 5 nitrogen and oxygen atoms in total. The van der Waals surface area contributed by atoms with E-state index in [1.165, 1.54) is 0 Å². The van der Waals surface area contributed by atoms with E-state index in [1.807, 2.05) is 51.0 Å². The molecule has 1 aromatic carbocycles. The highest BCUT2D eigenvalue weighted by Crippen LogP contribution is 2.16. The highest BCUT2D eigenvalue weighted by Gasteiger charge is 2.22. The molecule has 110 valence electrons. The average Bonchev–Trinajstić information content (AvgIpc) is 2.36. The van der Waals surface area contributed by atoms with Crippen molar-refractivity contribution < 1.29 is 14.7 Å². The van der Waals surface area contributed by atoms with Crippen LogP contribution in [0.25, 0.3) is 0 Å². The predicted octanol–water partition coefficient (Wildman–Crippen LogP) is 2.13. The highest BCUT2D eigenvalue weighted by atomic mass is 16.4. The van der Waals surface area contributed by atoms with Gasteiger partial charge in [-0.1, -0.05) is 6.07 Å². The molecular formula is C15H22N2O3. The van der Waals surface area contributed by atoms with Crippen LogP contribution >= 0.6 is 0 Å². The number of rotatable bonds is 6. The quantitative estimate of drug-likeness (QED) is 0.836. The molecule has 20 heavy (non-hydrogen) atoms. The zero-order valence-corrected chi connectivity index (χ0v) is 12.4. The maximum Gasteiger partial charge on any atom is 0.303 e. The molecule has 0 spiro atoms. The number of carboxylic acids is 1. The number of nitrogens with zero attached hydrogens (tertiary/aromatic N) is 1. The second-order valence-electron chi connectivity index (χ2n) is 5.68. The first-order valence-electron chi connectivity index (χ1n) is 6.53. The Hall–Kier alpha value is -2.04. The summed E-state index contributed by atoms with van der Waals surface area (Å²) in [7, 11) is 3.82. The smallest absolute Gasteiger partial charge is 0.303 e. The van der Waals surface area contributed by atoms with Crippen molar-refractivity contribution in [3.05, 3.63) is 29.8 Å². The predicted molar refractivity (Wildman–Crippen MR) is 79.2 cm³/mol. The van der Waals surface area contributed by atoms with E-state index in [4.69, 9.17) is 5.11 Å². The summed E-state index contributed by atoms with van der Waals surface area (Å²) in [4.78, 5) is 24.7. The lowest BCUT2D eigenvalue weighted by Crippen LogP contribution is -2.43. The fraction of sp³-hybridized carbons (Fsp3) is 0.467. The Kier molecular flexibility index (Phi) is 5.13. The molecule has 1 rings (SSSR count). The molecule has 0 aliphatic carbocycles. The third-order valence-corrected chi connectivity index (χ3v) is 3.04. The Morgan fingerprint density at radius 3 is 2.50 bits per heavy atom. The molecule has 0 unspecified atom stereocenters. The molecule has 0 radical (unpaired) electrons. The first kappa shape index (κ1) is 16.0. The third kappa shape index (κ3) is 4.91. The van der Waals surface area contributed by atoms with Crippen molar-refractivity contribution in [2.24, 2.45) is 0 Å². The van der Waals surface area contributed by atoms with Gasteiger partial charge in [0.2, 0.25) is 0 Å². The van der Waals surface area contributed by atoms with E-state index in [9.17, 15) is 9.59 Å². The highest BCUT2D eigenvalue weighted by molar-refractivity contribution is 5.95. The third-order valence-electron chi connectivity index (χ3n) is 3.04. The van der Waals surface area contributed by atoms with Crippen LogP contribution in [-0.4, -0.2) is 36.6 Å². The summed E-state index contributed by atoms with van der Waals surface area (Å²) in [5.41, 5.74) is 0.962. The number of nitrogens with one attached hydrogen (secondary N) is 1. The van der Waals surface area contributed by atoms with E-state index in [-0.39, 0.29) is 12.3 Å². The lowest BCUT2D eigenvalue weighted by atomic mass is 9.97. The molecule has 2 N–H and O–H groups in total. The Balaban J connectivity index is 2.75. The maximum absolute atomic E-state index is 12.2. The molecular weight excluding hydrogens is 256 g/mol. The van der Waals surface area contributed by atoms with Crippen molar-refractivity contribution in [1.29, 1.82) is 0 Å². The lowest BCUT2D eigenvalue weighted by molar-refractivity contribution is -0.137. The van der Waals surface area contributed by atoms with Gasteiger partial charge in [0.15, 0.2) is 0 Å². The van der Waals surface area contributed by atoms with Gasteiger partial charge in [0.1, 0.15) is 0 Å². The first-order chi connectivity index (χ1) is 9.21. The molecule has 1 amide bonds. The molecule has 5 heteroatoms. The molecule has 0 heterocycles. The number of hydrogen-bond donors (Lipinski definition) is 2. The van der Waals surface area contributed by atoms with E-state index >= 15 is 0 Å². The summed E-state index contributed by atoms with van der Waals surface area (Å²) in [6.45, 7) is 3.65. The molecule has 0 fully saturated rings. The van der Waals surface area contributed by atoms with Gasteiger partial charge in [-0.3, -0.25) is 9.59 Å². The van der Waals surface area contributed by atoms with Crippen LogP contribution in [-0.2, 0) is 4.79 Å². The van der Waals surface area contributed by atoms with Gasteiger partial charge in [-0.25, -0.2) is 0 Å². The van der Waals surface area contributed by atoms with Crippen molar-refractivity contribution in [1.82, 2.24) is 5.32 Å². The Bertz CT molecular complexity index is 496. The molecule has 0 saturated carbocycles. The first-order valence-corrected chi connectivity index (χ1v) is 6.53. The van der Waals surface area contributed by atoms with Crippen LogP contribution in [0.3, 0.4) is 0 Å². The van der Waals surface area contributed by atoms with Crippen LogP contribution in [0.5, 0.6) is 0 Å². The number of anilines is 1. The molecule has 0 saturated heterocycles. The number of hydrogen-bond acceptors (Lipinski definition) is 3. The minimum atomic E-state index is -0.859. The number of aliphatic carboxylic acids is 1. The molecule has 0 aliphatic heterocycles. The van der Waals surface area contributed by atoms with Crippen LogP contribution in [0.4, 0.5) is 5.69 Å². The molecule has 0 aliphatic rings. The molecule has 0 bridgehead atoms. The zero-order chi connectivity index (χ0) is 15.3. The summed E-state index contributed by atoms with van der Waals surface area (Å²) >= 11 is 0. The van der Waals surface area contributed by atoms with Gasteiger partial charge >= 0.3 is 5.97 Å². The van der Waals surface area contributed by atoms with Crippen LogP contribution in [0.2, 0.25) is 0 Å². The van der Waals surface area contributed by atoms with Crippen LogP contribution < -0.4 is 10.2 Å². The fourth-order valence-electron chi connectivity index (χ4n) is 1.79. The number of carbonyl (C=O) groups excluding carboxylic acids is 1.